The Hall–Kier alpha value is -2.96. The molecule has 7 heteroatoms. The Bertz CT molecular complexity index is 984. The van der Waals surface area contributed by atoms with Gasteiger partial charge in [0.05, 0.1) is 7.11 Å². The van der Waals surface area contributed by atoms with E-state index in [4.69, 9.17) is 14.0 Å². The van der Waals surface area contributed by atoms with Crippen LogP contribution in [0.4, 0.5) is 8.78 Å². The smallest absolute Gasteiger partial charge is 0.230 e. The molecule has 5 nitrogen and oxygen atoms in total. The Morgan fingerprint density at radius 2 is 1.83 bits per heavy atom. The molecule has 0 aliphatic heterocycles. The lowest BCUT2D eigenvalue weighted by Gasteiger charge is -2.17. The van der Waals surface area contributed by atoms with Crippen LogP contribution < -0.4 is 9.47 Å². The fourth-order valence-corrected chi connectivity index (χ4v) is 3.58. The third kappa shape index (κ3) is 4.39. The average Bonchev–Trinajstić information content (AvgIpc) is 3.25. The van der Waals surface area contributed by atoms with Crippen molar-refractivity contribution in [1.82, 2.24) is 10.1 Å². The maximum Gasteiger partial charge on any atom is 0.230 e. The van der Waals surface area contributed by atoms with Crippen molar-refractivity contribution >= 4 is 0 Å². The topological polar surface area (TPSA) is 57.4 Å². The molecule has 0 bridgehead atoms. The van der Waals surface area contributed by atoms with Crippen LogP contribution in [0.1, 0.15) is 49.5 Å². The van der Waals surface area contributed by atoms with Gasteiger partial charge >= 0.3 is 0 Å². The van der Waals surface area contributed by atoms with Crippen LogP contribution >= 0.6 is 0 Å². The van der Waals surface area contributed by atoms with E-state index >= 15 is 0 Å². The second-order valence-corrected chi connectivity index (χ2v) is 7.19. The van der Waals surface area contributed by atoms with Gasteiger partial charge in [-0.05, 0) is 48.7 Å². The first-order valence-electron chi connectivity index (χ1n) is 9.73. The van der Waals surface area contributed by atoms with E-state index in [1.165, 1.54) is 32.4 Å². The molecule has 1 fully saturated rings. The molecule has 0 saturated heterocycles. The van der Waals surface area contributed by atoms with E-state index < -0.39 is 11.6 Å². The molecule has 0 atom stereocenters. The number of aromatic nitrogens is 2. The summed E-state index contributed by atoms with van der Waals surface area (Å²) in [5, 5.41) is 4.12. The van der Waals surface area contributed by atoms with Crippen molar-refractivity contribution in [2.24, 2.45) is 0 Å². The molecule has 152 valence electrons. The highest BCUT2D eigenvalue weighted by Gasteiger charge is 2.22. The molecule has 2 aromatic carbocycles. The van der Waals surface area contributed by atoms with Crippen LogP contribution in [0.5, 0.6) is 11.5 Å². The van der Waals surface area contributed by atoms with E-state index in [0.717, 1.165) is 30.5 Å². The van der Waals surface area contributed by atoms with Crippen molar-refractivity contribution in [3.63, 3.8) is 0 Å². The number of benzene rings is 2. The first kappa shape index (κ1) is 19.4. The fourth-order valence-electron chi connectivity index (χ4n) is 3.58. The molecule has 29 heavy (non-hydrogen) atoms. The van der Waals surface area contributed by atoms with Gasteiger partial charge in [-0.15, -0.1) is 0 Å². The SMILES string of the molecule is COc1cc(-c2noc(C3CCCCC3)n2)ccc1OCc1ccc(F)c(F)c1. The second-order valence-electron chi connectivity index (χ2n) is 7.19. The van der Waals surface area contributed by atoms with Gasteiger partial charge in [-0.2, -0.15) is 4.98 Å². The van der Waals surface area contributed by atoms with Gasteiger partial charge < -0.3 is 14.0 Å². The van der Waals surface area contributed by atoms with Crippen LogP contribution in [0.15, 0.2) is 40.9 Å². The Kier molecular flexibility index (Phi) is 5.74. The summed E-state index contributed by atoms with van der Waals surface area (Å²) in [6, 6.07) is 9.00. The number of ether oxygens (including phenoxy) is 2. The van der Waals surface area contributed by atoms with E-state index in [2.05, 4.69) is 10.1 Å². The number of nitrogens with zero attached hydrogens (tertiary/aromatic N) is 2. The summed E-state index contributed by atoms with van der Waals surface area (Å²) < 4.78 is 43.0. The molecule has 0 spiro atoms. The van der Waals surface area contributed by atoms with Gasteiger partial charge in [-0.1, -0.05) is 30.5 Å². The Balaban J connectivity index is 1.49. The van der Waals surface area contributed by atoms with Gasteiger partial charge in [-0.25, -0.2) is 8.78 Å². The number of rotatable bonds is 6. The van der Waals surface area contributed by atoms with Crippen molar-refractivity contribution in [1.29, 1.82) is 0 Å². The largest absolute Gasteiger partial charge is 0.493 e. The van der Waals surface area contributed by atoms with E-state index in [1.54, 1.807) is 12.1 Å². The molecule has 4 rings (SSSR count). The van der Waals surface area contributed by atoms with E-state index in [9.17, 15) is 8.78 Å². The lowest BCUT2D eigenvalue weighted by Crippen LogP contribution is -2.04. The van der Waals surface area contributed by atoms with E-state index in [1.807, 2.05) is 6.07 Å². The zero-order chi connectivity index (χ0) is 20.2. The molecular formula is C22H22F2N2O3. The van der Waals surface area contributed by atoms with Crippen molar-refractivity contribution in [2.75, 3.05) is 7.11 Å². The molecule has 0 unspecified atom stereocenters. The van der Waals surface area contributed by atoms with Crippen molar-refractivity contribution in [2.45, 2.75) is 44.6 Å². The molecule has 1 heterocycles. The Labute approximate surface area is 167 Å². The van der Waals surface area contributed by atoms with Crippen LogP contribution in [0.25, 0.3) is 11.4 Å². The summed E-state index contributed by atoms with van der Waals surface area (Å²) in [6.07, 6.45) is 5.82. The first-order chi connectivity index (χ1) is 14.1. The van der Waals surface area contributed by atoms with E-state index in [-0.39, 0.29) is 6.61 Å². The van der Waals surface area contributed by atoms with Crippen LogP contribution in [-0.2, 0) is 6.61 Å². The predicted octanol–water partition coefficient (Wildman–Crippen LogP) is 5.65. The zero-order valence-corrected chi connectivity index (χ0v) is 16.2. The van der Waals surface area contributed by atoms with Gasteiger partial charge in [-0.3, -0.25) is 0 Å². The molecule has 1 aliphatic carbocycles. The minimum absolute atomic E-state index is 0.0843. The number of hydrogen-bond acceptors (Lipinski definition) is 5. The third-order valence-electron chi connectivity index (χ3n) is 5.20. The summed E-state index contributed by atoms with van der Waals surface area (Å²) in [6.45, 7) is 0.0843. The molecule has 1 saturated carbocycles. The Morgan fingerprint density at radius 3 is 2.59 bits per heavy atom. The molecule has 0 N–H and O–H groups in total. The van der Waals surface area contributed by atoms with Crippen molar-refractivity contribution in [3.8, 4) is 22.9 Å². The van der Waals surface area contributed by atoms with Gasteiger partial charge in [0.1, 0.15) is 6.61 Å². The number of hydrogen-bond donors (Lipinski definition) is 0. The number of methoxy groups -OCH3 is 1. The van der Waals surface area contributed by atoms with Crippen LogP contribution in [0.2, 0.25) is 0 Å². The minimum atomic E-state index is -0.903. The third-order valence-corrected chi connectivity index (χ3v) is 5.20. The van der Waals surface area contributed by atoms with E-state index in [0.29, 0.717) is 34.7 Å². The predicted molar refractivity (Wildman–Crippen MR) is 103 cm³/mol. The first-order valence-corrected chi connectivity index (χ1v) is 9.73. The highest BCUT2D eigenvalue weighted by Crippen LogP contribution is 2.35. The molecule has 3 aromatic rings. The highest BCUT2D eigenvalue weighted by atomic mass is 19.2. The molecule has 0 amide bonds. The number of halogens is 2. The fraction of sp³-hybridized carbons (Fsp3) is 0.364. The zero-order valence-electron chi connectivity index (χ0n) is 16.2. The molecular weight excluding hydrogens is 378 g/mol. The second kappa shape index (κ2) is 8.59. The molecule has 1 aromatic heterocycles. The summed E-state index contributed by atoms with van der Waals surface area (Å²) >= 11 is 0. The lowest BCUT2D eigenvalue weighted by molar-refractivity contribution is 0.284. The minimum Gasteiger partial charge on any atom is -0.493 e. The Morgan fingerprint density at radius 1 is 1.00 bits per heavy atom. The van der Waals surface area contributed by atoms with Crippen molar-refractivity contribution in [3.05, 3.63) is 59.5 Å². The highest BCUT2D eigenvalue weighted by molar-refractivity contribution is 5.60. The quantitative estimate of drug-likeness (QED) is 0.535. The average molecular weight is 400 g/mol. The molecule has 1 aliphatic rings. The maximum absolute atomic E-state index is 13.3. The summed E-state index contributed by atoms with van der Waals surface area (Å²) in [7, 11) is 1.53. The van der Waals surface area contributed by atoms with Gasteiger partial charge in [0, 0.05) is 11.5 Å². The van der Waals surface area contributed by atoms with Crippen LogP contribution in [-0.4, -0.2) is 17.3 Å². The lowest BCUT2D eigenvalue weighted by atomic mass is 9.89. The van der Waals surface area contributed by atoms with Gasteiger partial charge in [0.2, 0.25) is 11.7 Å². The summed E-state index contributed by atoms with van der Waals surface area (Å²) in [4.78, 5) is 4.57. The van der Waals surface area contributed by atoms with Gasteiger partial charge in [0.25, 0.3) is 0 Å². The summed E-state index contributed by atoms with van der Waals surface area (Å²) in [5.41, 5.74) is 1.28. The maximum atomic E-state index is 13.3. The van der Waals surface area contributed by atoms with Crippen LogP contribution in [0.3, 0.4) is 0 Å². The molecule has 0 radical (unpaired) electrons. The standard InChI is InChI=1S/C22H22F2N2O3/c1-27-20-12-16(21-25-22(29-26-21)15-5-3-2-4-6-15)8-10-19(20)28-13-14-7-9-17(23)18(24)11-14/h7-12,15H,2-6,13H2,1H3. The van der Waals surface area contributed by atoms with Gasteiger partial charge in [0.15, 0.2) is 23.1 Å². The van der Waals surface area contributed by atoms with Crippen LogP contribution in [0, 0.1) is 11.6 Å². The summed E-state index contributed by atoms with van der Waals surface area (Å²) in [5.74, 6) is 0.729. The normalized spacial score (nSPS) is 14.7. The monoisotopic (exact) mass is 400 g/mol. The van der Waals surface area contributed by atoms with Crippen molar-refractivity contribution < 1.29 is 22.8 Å².